The van der Waals surface area contributed by atoms with Gasteiger partial charge in [-0.3, -0.25) is 23.9 Å². The average molecular weight is 489 g/mol. The number of aromatic nitrogens is 2. The zero-order chi connectivity index (χ0) is 26.2. The molecular formula is C27H28N4O5. The molecule has 3 aromatic rings. The van der Waals surface area contributed by atoms with Crippen LogP contribution in [0.1, 0.15) is 39.0 Å². The topological polar surface area (TPSA) is 111 Å². The summed E-state index contributed by atoms with van der Waals surface area (Å²) in [6.07, 6.45) is 3.01. The molecule has 2 aromatic heterocycles. The number of nitrogens with zero attached hydrogens (tertiary/aromatic N) is 3. The van der Waals surface area contributed by atoms with Gasteiger partial charge in [-0.2, -0.15) is 0 Å². The number of hydrogen-bond donors (Lipinski definition) is 1. The van der Waals surface area contributed by atoms with Crippen LogP contribution in [-0.4, -0.2) is 56.8 Å². The van der Waals surface area contributed by atoms with E-state index in [9.17, 15) is 19.2 Å². The number of hydrogen-bond acceptors (Lipinski definition) is 6. The quantitative estimate of drug-likeness (QED) is 0.422. The molecule has 0 saturated carbocycles. The largest absolute Gasteiger partial charge is 0.467 e. The summed E-state index contributed by atoms with van der Waals surface area (Å²) in [5, 5.41) is 3.40. The van der Waals surface area contributed by atoms with Crippen molar-refractivity contribution in [3.8, 4) is 5.82 Å². The van der Waals surface area contributed by atoms with Gasteiger partial charge in [0.1, 0.15) is 11.9 Å². The number of esters is 1. The van der Waals surface area contributed by atoms with Gasteiger partial charge in [0.25, 0.3) is 11.8 Å². The molecule has 1 aromatic carbocycles. The molecule has 0 spiro atoms. The van der Waals surface area contributed by atoms with E-state index in [1.54, 1.807) is 39.1 Å². The minimum Gasteiger partial charge on any atom is -0.467 e. The molecule has 186 valence electrons. The number of benzene rings is 1. The van der Waals surface area contributed by atoms with Crippen molar-refractivity contribution in [3.63, 3.8) is 0 Å². The van der Waals surface area contributed by atoms with Crippen LogP contribution in [0.4, 0.5) is 0 Å². The fourth-order valence-corrected chi connectivity index (χ4v) is 4.58. The number of carbonyl (C=O) groups excluding carboxylic acids is 4. The van der Waals surface area contributed by atoms with Crippen molar-refractivity contribution in [1.29, 1.82) is 0 Å². The molecule has 0 fully saturated rings. The third kappa shape index (κ3) is 4.39. The van der Waals surface area contributed by atoms with Crippen LogP contribution in [0.15, 0.2) is 54.7 Å². The van der Waals surface area contributed by atoms with Crippen molar-refractivity contribution in [2.75, 3.05) is 7.11 Å². The monoisotopic (exact) mass is 488 g/mol. The minimum absolute atomic E-state index is 0.0380. The van der Waals surface area contributed by atoms with Gasteiger partial charge in [-0.25, -0.2) is 9.78 Å². The van der Waals surface area contributed by atoms with Crippen LogP contribution in [0.2, 0.25) is 0 Å². The summed E-state index contributed by atoms with van der Waals surface area (Å²) >= 11 is 0. The summed E-state index contributed by atoms with van der Waals surface area (Å²) < 4.78 is 6.75. The molecule has 36 heavy (non-hydrogen) atoms. The molecule has 0 unspecified atom stereocenters. The Labute approximate surface area is 208 Å². The number of amides is 3. The van der Waals surface area contributed by atoms with Crippen molar-refractivity contribution in [3.05, 3.63) is 66.0 Å². The van der Waals surface area contributed by atoms with Gasteiger partial charge in [-0.15, -0.1) is 0 Å². The number of pyridine rings is 1. The van der Waals surface area contributed by atoms with Crippen molar-refractivity contribution in [1.82, 2.24) is 19.8 Å². The molecule has 0 aliphatic carbocycles. The zero-order valence-electron chi connectivity index (χ0n) is 20.9. The van der Waals surface area contributed by atoms with E-state index in [-0.39, 0.29) is 12.0 Å². The highest BCUT2D eigenvalue weighted by Gasteiger charge is 2.41. The van der Waals surface area contributed by atoms with Crippen LogP contribution in [0, 0.1) is 0 Å². The predicted molar refractivity (Wildman–Crippen MR) is 134 cm³/mol. The standard InChI is InChI=1S/C27H28N4O5/c1-16(32)29-20(26(35)36-5)14-18-17-10-6-7-11-21(17)30(22-12-8-9-13-28-22)24(18)19-15-23(33)31(25(19)34)27(2,3)4/h6-13,15,20H,14H2,1-5H3,(H,29,32)/t20-/m0/s1. The number of fused-ring (bicyclic) bond motifs is 1. The van der Waals surface area contributed by atoms with Crippen molar-refractivity contribution in [2.45, 2.75) is 45.7 Å². The molecule has 0 radical (unpaired) electrons. The highest BCUT2D eigenvalue weighted by Crippen LogP contribution is 2.38. The van der Waals surface area contributed by atoms with E-state index in [2.05, 4.69) is 10.3 Å². The first-order valence-corrected chi connectivity index (χ1v) is 11.5. The van der Waals surface area contributed by atoms with E-state index in [0.717, 1.165) is 10.9 Å². The summed E-state index contributed by atoms with van der Waals surface area (Å²) in [6, 6.07) is 11.9. The van der Waals surface area contributed by atoms with Gasteiger partial charge in [-0.1, -0.05) is 24.3 Å². The number of imide groups is 1. The second-order valence-electron chi connectivity index (χ2n) is 9.56. The molecule has 1 atom stereocenters. The Morgan fingerprint density at radius 2 is 1.78 bits per heavy atom. The molecule has 3 heterocycles. The molecule has 9 heteroatoms. The molecule has 0 saturated heterocycles. The Morgan fingerprint density at radius 3 is 2.36 bits per heavy atom. The van der Waals surface area contributed by atoms with E-state index in [1.807, 2.05) is 34.9 Å². The van der Waals surface area contributed by atoms with E-state index < -0.39 is 35.3 Å². The molecule has 1 aliphatic heterocycles. The van der Waals surface area contributed by atoms with Crippen LogP contribution in [0.25, 0.3) is 22.3 Å². The maximum atomic E-state index is 13.7. The Bertz CT molecular complexity index is 1400. The molecule has 0 bridgehead atoms. The van der Waals surface area contributed by atoms with Crippen LogP contribution in [0.3, 0.4) is 0 Å². The Hall–Kier alpha value is -4.27. The van der Waals surface area contributed by atoms with Gasteiger partial charge in [0.15, 0.2) is 0 Å². The number of rotatable bonds is 6. The zero-order valence-corrected chi connectivity index (χ0v) is 20.9. The van der Waals surface area contributed by atoms with E-state index >= 15 is 0 Å². The summed E-state index contributed by atoms with van der Waals surface area (Å²) in [4.78, 5) is 56.9. The molecule has 1 aliphatic rings. The maximum absolute atomic E-state index is 13.7. The van der Waals surface area contributed by atoms with Crippen LogP contribution in [0.5, 0.6) is 0 Å². The second kappa shape index (κ2) is 9.41. The van der Waals surface area contributed by atoms with Gasteiger partial charge in [-0.05, 0) is 44.5 Å². The van der Waals surface area contributed by atoms with Crippen LogP contribution in [-0.2, 0) is 30.3 Å². The first-order valence-electron chi connectivity index (χ1n) is 11.5. The summed E-state index contributed by atoms with van der Waals surface area (Å²) in [7, 11) is 1.25. The number of methoxy groups -OCH3 is 1. The highest BCUT2D eigenvalue weighted by molar-refractivity contribution is 6.34. The highest BCUT2D eigenvalue weighted by atomic mass is 16.5. The van der Waals surface area contributed by atoms with Gasteiger partial charge >= 0.3 is 5.97 Å². The lowest BCUT2D eigenvalue weighted by atomic mass is 9.98. The normalized spacial score (nSPS) is 14.7. The SMILES string of the molecule is COC(=O)[C@H](Cc1c(C2=CC(=O)N(C(C)(C)C)C2=O)n(-c2ccccn2)c2ccccc12)NC(C)=O. The minimum atomic E-state index is -0.999. The molecule has 9 nitrogen and oxygen atoms in total. The number of para-hydroxylation sites is 1. The van der Waals surface area contributed by atoms with E-state index in [1.165, 1.54) is 25.0 Å². The summed E-state index contributed by atoms with van der Waals surface area (Å²) in [6.45, 7) is 6.69. The van der Waals surface area contributed by atoms with Crippen molar-refractivity contribution in [2.24, 2.45) is 0 Å². The lowest BCUT2D eigenvalue weighted by Crippen LogP contribution is -2.46. The molecule has 3 amide bonds. The summed E-state index contributed by atoms with van der Waals surface area (Å²) in [5.74, 6) is -1.34. The number of ether oxygens (including phenoxy) is 1. The van der Waals surface area contributed by atoms with Crippen LogP contribution < -0.4 is 5.32 Å². The van der Waals surface area contributed by atoms with E-state index in [0.29, 0.717) is 17.1 Å². The Morgan fingerprint density at radius 1 is 1.08 bits per heavy atom. The summed E-state index contributed by atoms with van der Waals surface area (Å²) in [5.41, 5.74) is 1.25. The van der Waals surface area contributed by atoms with Crippen molar-refractivity contribution >= 4 is 40.2 Å². The molecular weight excluding hydrogens is 460 g/mol. The lowest BCUT2D eigenvalue weighted by Gasteiger charge is -2.30. The molecule has 1 N–H and O–H groups in total. The average Bonchev–Trinajstić information content (AvgIpc) is 3.31. The Balaban J connectivity index is 2.02. The van der Waals surface area contributed by atoms with Gasteiger partial charge in [0.05, 0.1) is 23.9 Å². The lowest BCUT2D eigenvalue weighted by molar-refractivity contribution is -0.145. The van der Waals surface area contributed by atoms with Crippen molar-refractivity contribution < 1.29 is 23.9 Å². The van der Waals surface area contributed by atoms with E-state index in [4.69, 9.17) is 4.74 Å². The molecule has 4 rings (SSSR count). The second-order valence-corrected chi connectivity index (χ2v) is 9.56. The smallest absolute Gasteiger partial charge is 0.328 e. The van der Waals surface area contributed by atoms with Crippen LogP contribution >= 0.6 is 0 Å². The third-order valence-corrected chi connectivity index (χ3v) is 5.98. The van der Waals surface area contributed by atoms with Gasteiger partial charge in [0, 0.05) is 36.5 Å². The van der Waals surface area contributed by atoms with Gasteiger partial charge < -0.3 is 10.1 Å². The first kappa shape index (κ1) is 24.8. The fourth-order valence-electron chi connectivity index (χ4n) is 4.58. The maximum Gasteiger partial charge on any atom is 0.328 e. The first-order chi connectivity index (χ1) is 17.0. The number of carbonyl (C=O) groups is 4. The predicted octanol–water partition coefficient (Wildman–Crippen LogP) is 2.80. The number of nitrogens with one attached hydrogen (secondary N) is 1. The fraction of sp³-hybridized carbons (Fsp3) is 0.296. The van der Waals surface area contributed by atoms with Gasteiger partial charge in [0.2, 0.25) is 5.91 Å². The Kier molecular flexibility index (Phi) is 6.49. The third-order valence-electron chi connectivity index (χ3n) is 5.98.